The van der Waals surface area contributed by atoms with Crippen molar-refractivity contribution in [2.24, 2.45) is 29.1 Å². The Morgan fingerprint density at radius 2 is 1.53 bits per heavy atom. The Hall–Kier alpha value is 0.430. The molecule has 3 unspecified atom stereocenters. The maximum absolute atomic E-state index is 3.23. The van der Waals surface area contributed by atoms with Crippen molar-refractivity contribution in [1.29, 1.82) is 0 Å². The fraction of sp³-hybridized carbons (Fsp3) is 1.00. The molecule has 0 aromatic rings. The van der Waals surface area contributed by atoms with Crippen LogP contribution >= 0.6 is 9.24 Å². The molecule has 0 nitrogen and oxygen atoms in total. The molecule has 0 N–H and O–H groups in total. The average Bonchev–Trinajstić information content (AvgIpc) is 1.94. The zero-order valence-electron chi connectivity index (χ0n) is 10.4. The van der Waals surface area contributed by atoms with Crippen molar-refractivity contribution in [3.63, 3.8) is 0 Å². The summed E-state index contributed by atoms with van der Waals surface area (Å²) in [5.41, 5.74) is 0.545. The molecule has 4 aliphatic rings. The number of hydrogen-bond acceptors (Lipinski definition) is 0. The van der Waals surface area contributed by atoms with Gasteiger partial charge in [-0.3, -0.25) is 0 Å². The molecule has 4 fully saturated rings. The van der Waals surface area contributed by atoms with Crippen molar-refractivity contribution in [2.45, 2.75) is 58.0 Å². The van der Waals surface area contributed by atoms with Gasteiger partial charge in [0.05, 0.1) is 0 Å². The third-order valence-corrected chi connectivity index (χ3v) is 6.03. The summed E-state index contributed by atoms with van der Waals surface area (Å²) in [5, 5.41) is 0.665. The van der Waals surface area contributed by atoms with Crippen molar-refractivity contribution in [3.05, 3.63) is 0 Å². The molecule has 0 amide bonds. The van der Waals surface area contributed by atoms with E-state index in [4.69, 9.17) is 0 Å². The van der Waals surface area contributed by atoms with Crippen LogP contribution in [0.4, 0.5) is 0 Å². The average molecular weight is 224 g/mol. The standard InChI is InChI=1S/C14H25P/c1-13(2,3)12-10-4-9-5-11(12)8-14(15,6-9)7-10/h9-12H,4-8,15H2,1-3H3. The molecule has 0 radical (unpaired) electrons. The van der Waals surface area contributed by atoms with Crippen LogP contribution in [0.3, 0.4) is 0 Å². The Labute approximate surface area is 96.8 Å². The summed E-state index contributed by atoms with van der Waals surface area (Å²) in [6.45, 7) is 7.40. The van der Waals surface area contributed by atoms with Crippen LogP contribution in [0.5, 0.6) is 0 Å². The van der Waals surface area contributed by atoms with Crippen molar-refractivity contribution >= 4 is 9.24 Å². The van der Waals surface area contributed by atoms with Crippen molar-refractivity contribution in [3.8, 4) is 0 Å². The predicted octanol–water partition coefficient (Wildman–Crippen LogP) is 4.10. The highest BCUT2D eigenvalue weighted by Crippen LogP contribution is 2.64. The molecule has 3 atom stereocenters. The molecule has 0 aliphatic heterocycles. The maximum Gasteiger partial charge on any atom is -0.0142 e. The van der Waals surface area contributed by atoms with Crippen LogP contribution in [0.1, 0.15) is 52.9 Å². The van der Waals surface area contributed by atoms with Crippen LogP contribution in [0, 0.1) is 29.1 Å². The van der Waals surface area contributed by atoms with E-state index in [-0.39, 0.29) is 0 Å². The molecule has 4 saturated carbocycles. The molecule has 0 heterocycles. The monoisotopic (exact) mass is 224 g/mol. The zero-order valence-corrected chi connectivity index (χ0v) is 11.6. The molecular formula is C14H25P. The molecule has 0 aromatic heterocycles. The Bertz CT molecular complexity index is 260. The second kappa shape index (κ2) is 3.00. The van der Waals surface area contributed by atoms with Crippen LogP contribution < -0.4 is 0 Å². The molecule has 0 aromatic carbocycles. The Kier molecular flexibility index (Phi) is 2.12. The van der Waals surface area contributed by atoms with Gasteiger partial charge >= 0.3 is 0 Å². The van der Waals surface area contributed by atoms with E-state index in [0.29, 0.717) is 10.6 Å². The zero-order chi connectivity index (χ0) is 10.8. The molecule has 4 bridgehead atoms. The highest BCUT2D eigenvalue weighted by Gasteiger charge is 2.55. The van der Waals surface area contributed by atoms with Crippen LogP contribution in [0.2, 0.25) is 0 Å². The summed E-state index contributed by atoms with van der Waals surface area (Å²) in [4.78, 5) is 0. The quantitative estimate of drug-likeness (QED) is 0.543. The summed E-state index contributed by atoms with van der Waals surface area (Å²) in [6.07, 6.45) is 7.63. The second-order valence-electron chi connectivity index (χ2n) is 7.72. The first-order chi connectivity index (χ1) is 6.87. The van der Waals surface area contributed by atoms with E-state index in [0.717, 1.165) is 23.7 Å². The fourth-order valence-electron chi connectivity index (χ4n) is 5.50. The van der Waals surface area contributed by atoms with E-state index in [2.05, 4.69) is 30.0 Å². The highest BCUT2D eigenvalue weighted by atomic mass is 31.0. The first-order valence-electron chi connectivity index (χ1n) is 6.66. The fourth-order valence-corrected chi connectivity index (χ4v) is 6.44. The molecule has 4 rings (SSSR count). The lowest BCUT2D eigenvalue weighted by Crippen LogP contribution is -2.54. The molecule has 86 valence electrons. The van der Waals surface area contributed by atoms with Crippen molar-refractivity contribution < 1.29 is 0 Å². The van der Waals surface area contributed by atoms with Gasteiger partial charge in [-0.15, -0.1) is 9.24 Å². The van der Waals surface area contributed by atoms with Gasteiger partial charge in [-0.1, -0.05) is 20.8 Å². The van der Waals surface area contributed by atoms with E-state index < -0.39 is 0 Å². The SMILES string of the molecule is CC(C)(C)C1C2CC3CC1CC(P)(C3)C2. The molecule has 0 saturated heterocycles. The van der Waals surface area contributed by atoms with Crippen LogP contribution in [0.15, 0.2) is 0 Å². The minimum atomic E-state index is 0.545. The molecule has 4 aliphatic carbocycles. The summed E-state index contributed by atoms with van der Waals surface area (Å²) in [6, 6.07) is 0. The van der Waals surface area contributed by atoms with Gasteiger partial charge in [0.1, 0.15) is 0 Å². The van der Waals surface area contributed by atoms with E-state index in [1.807, 2.05) is 0 Å². The first kappa shape index (κ1) is 10.6. The van der Waals surface area contributed by atoms with E-state index in [1.165, 1.54) is 19.3 Å². The van der Waals surface area contributed by atoms with Gasteiger partial charge in [-0.05, 0) is 66.3 Å². The smallest absolute Gasteiger partial charge is 0.0142 e. The van der Waals surface area contributed by atoms with Gasteiger partial charge in [-0.25, -0.2) is 0 Å². The van der Waals surface area contributed by atoms with E-state index >= 15 is 0 Å². The number of hydrogen-bond donors (Lipinski definition) is 0. The molecular weight excluding hydrogens is 199 g/mol. The van der Waals surface area contributed by atoms with Gasteiger partial charge in [0, 0.05) is 0 Å². The van der Waals surface area contributed by atoms with Gasteiger partial charge in [0.25, 0.3) is 0 Å². The normalized spacial score (nSPS) is 53.6. The lowest BCUT2D eigenvalue weighted by Gasteiger charge is -2.62. The second-order valence-corrected chi connectivity index (χ2v) is 8.95. The molecule has 0 spiro atoms. The molecule has 1 heteroatoms. The van der Waals surface area contributed by atoms with Crippen LogP contribution in [0.25, 0.3) is 0 Å². The van der Waals surface area contributed by atoms with Gasteiger partial charge < -0.3 is 0 Å². The van der Waals surface area contributed by atoms with Gasteiger partial charge in [0.15, 0.2) is 0 Å². The van der Waals surface area contributed by atoms with Gasteiger partial charge in [0.2, 0.25) is 0 Å². The van der Waals surface area contributed by atoms with Crippen molar-refractivity contribution in [1.82, 2.24) is 0 Å². The summed E-state index contributed by atoms with van der Waals surface area (Å²) < 4.78 is 0. The molecule has 15 heavy (non-hydrogen) atoms. The predicted molar refractivity (Wildman–Crippen MR) is 68.9 cm³/mol. The third kappa shape index (κ3) is 1.59. The van der Waals surface area contributed by atoms with Gasteiger partial charge in [-0.2, -0.15) is 0 Å². The van der Waals surface area contributed by atoms with Crippen LogP contribution in [-0.2, 0) is 0 Å². The first-order valence-corrected chi connectivity index (χ1v) is 7.24. The summed E-state index contributed by atoms with van der Waals surface area (Å²) >= 11 is 0. The highest BCUT2D eigenvalue weighted by molar-refractivity contribution is 7.19. The summed E-state index contributed by atoms with van der Waals surface area (Å²) in [5.74, 6) is 4.20. The Morgan fingerprint density at radius 1 is 1.00 bits per heavy atom. The van der Waals surface area contributed by atoms with Crippen LogP contribution in [-0.4, -0.2) is 5.16 Å². The minimum absolute atomic E-state index is 0.545. The Balaban J connectivity index is 1.91. The third-order valence-electron chi connectivity index (χ3n) is 5.32. The Morgan fingerprint density at radius 3 is 1.93 bits per heavy atom. The summed E-state index contributed by atoms with van der Waals surface area (Å²) in [7, 11) is 3.23. The largest absolute Gasteiger partial charge is 0.131 e. The lowest BCUT2D eigenvalue weighted by atomic mass is 9.47. The number of rotatable bonds is 0. The maximum atomic E-state index is 3.23. The minimum Gasteiger partial charge on any atom is -0.131 e. The van der Waals surface area contributed by atoms with Crippen molar-refractivity contribution in [2.75, 3.05) is 0 Å². The van der Waals surface area contributed by atoms with E-state index in [1.54, 1.807) is 12.8 Å². The van der Waals surface area contributed by atoms with E-state index in [9.17, 15) is 0 Å². The lowest BCUT2D eigenvalue weighted by molar-refractivity contribution is -0.0695. The topological polar surface area (TPSA) is 0 Å².